The Hall–Kier alpha value is -1.99. The average Bonchev–Trinajstić information content (AvgIpc) is 3.29. The van der Waals surface area contributed by atoms with Crippen molar-refractivity contribution in [1.82, 2.24) is 25.4 Å². The minimum Gasteiger partial charge on any atom is -0.347 e. The third kappa shape index (κ3) is 3.42. The summed E-state index contributed by atoms with van der Waals surface area (Å²) >= 11 is 7.60. The van der Waals surface area contributed by atoms with E-state index in [4.69, 9.17) is 11.6 Å². The Kier molecular flexibility index (Phi) is 4.44. The minimum absolute atomic E-state index is 0.463. The minimum atomic E-state index is 0.463. The second-order valence-corrected chi connectivity index (χ2v) is 7.39. The van der Waals surface area contributed by atoms with Gasteiger partial charge in [-0.3, -0.25) is 5.10 Å². The topological polar surface area (TPSA) is 70.6 Å². The first-order valence-electron chi connectivity index (χ1n) is 7.95. The van der Waals surface area contributed by atoms with Crippen molar-refractivity contribution < 1.29 is 0 Å². The zero-order valence-electron chi connectivity index (χ0n) is 13.0. The molecule has 3 heterocycles. The van der Waals surface area contributed by atoms with Gasteiger partial charge in [-0.25, -0.2) is 4.98 Å². The van der Waals surface area contributed by atoms with Gasteiger partial charge >= 0.3 is 0 Å². The molecular formula is C16H17ClN6S. The lowest BCUT2D eigenvalue weighted by molar-refractivity contribution is 0.486. The summed E-state index contributed by atoms with van der Waals surface area (Å²) in [6.07, 6.45) is 4.49. The lowest BCUT2D eigenvalue weighted by Crippen LogP contribution is -2.33. The molecule has 2 aromatic heterocycles. The van der Waals surface area contributed by atoms with E-state index in [1.54, 1.807) is 17.7 Å². The van der Waals surface area contributed by atoms with Gasteiger partial charge in [-0.2, -0.15) is 5.10 Å². The number of aromatic nitrogens is 5. The predicted molar refractivity (Wildman–Crippen MR) is 94.7 cm³/mol. The normalized spacial score (nSPS) is 15.8. The molecule has 0 saturated carbocycles. The molecule has 1 aliphatic rings. The van der Waals surface area contributed by atoms with Crippen LogP contribution in [0.2, 0.25) is 5.02 Å². The van der Waals surface area contributed by atoms with Crippen molar-refractivity contribution in [3.8, 4) is 0 Å². The van der Waals surface area contributed by atoms with E-state index in [0.717, 1.165) is 53.3 Å². The molecule has 0 amide bonds. The van der Waals surface area contributed by atoms with Crippen LogP contribution in [-0.2, 0) is 6.42 Å². The predicted octanol–water partition coefficient (Wildman–Crippen LogP) is 3.28. The van der Waals surface area contributed by atoms with Crippen LogP contribution in [0.15, 0.2) is 30.6 Å². The van der Waals surface area contributed by atoms with E-state index >= 15 is 0 Å². The largest absolute Gasteiger partial charge is 0.347 e. The molecule has 4 rings (SSSR count). The molecule has 0 atom stereocenters. The summed E-state index contributed by atoms with van der Waals surface area (Å²) in [6, 6.07) is 7.89. The smallest absolute Gasteiger partial charge is 0.208 e. The van der Waals surface area contributed by atoms with Crippen LogP contribution in [0.4, 0.5) is 5.13 Å². The van der Waals surface area contributed by atoms with Gasteiger partial charge in [0.25, 0.3) is 0 Å². The highest BCUT2D eigenvalue weighted by Crippen LogP contribution is 2.30. The number of nitrogens with zero attached hydrogens (tertiary/aromatic N) is 5. The van der Waals surface area contributed by atoms with Gasteiger partial charge < -0.3 is 4.90 Å². The molecule has 124 valence electrons. The van der Waals surface area contributed by atoms with Crippen molar-refractivity contribution >= 4 is 28.1 Å². The Balaban J connectivity index is 1.38. The van der Waals surface area contributed by atoms with E-state index in [0.29, 0.717) is 5.92 Å². The molecular weight excluding hydrogens is 344 g/mol. The van der Waals surface area contributed by atoms with E-state index in [-0.39, 0.29) is 0 Å². The molecule has 1 aromatic carbocycles. The van der Waals surface area contributed by atoms with Crippen LogP contribution in [0.5, 0.6) is 0 Å². The Morgan fingerprint density at radius 3 is 2.67 bits per heavy atom. The number of aromatic amines is 1. The van der Waals surface area contributed by atoms with E-state index in [1.807, 2.05) is 24.3 Å². The summed E-state index contributed by atoms with van der Waals surface area (Å²) in [7, 11) is 0. The quantitative estimate of drug-likeness (QED) is 0.773. The summed E-state index contributed by atoms with van der Waals surface area (Å²) in [4.78, 5) is 6.59. The molecule has 3 aromatic rings. The first-order valence-corrected chi connectivity index (χ1v) is 9.14. The maximum absolute atomic E-state index is 5.93. The zero-order valence-corrected chi connectivity index (χ0v) is 14.6. The summed E-state index contributed by atoms with van der Waals surface area (Å²) < 4.78 is 0. The van der Waals surface area contributed by atoms with Crippen molar-refractivity contribution in [2.45, 2.75) is 25.2 Å². The van der Waals surface area contributed by atoms with Gasteiger partial charge in [-0.1, -0.05) is 35.1 Å². The average molecular weight is 361 g/mol. The summed E-state index contributed by atoms with van der Waals surface area (Å²) in [5, 5.41) is 18.4. The third-order valence-corrected chi connectivity index (χ3v) is 5.55. The van der Waals surface area contributed by atoms with Gasteiger partial charge in [0.15, 0.2) is 0 Å². The number of hydrogen-bond donors (Lipinski definition) is 1. The fourth-order valence-electron chi connectivity index (χ4n) is 2.98. The van der Waals surface area contributed by atoms with Gasteiger partial charge in [-0.15, -0.1) is 10.2 Å². The van der Waals surface area contributed by atoms with Gasteiger partial charge in [0, 0.05) is 30.5 Å². The van der Waals surface area contributed by atoms with Crippen molar-refractivity contribution in [2.75, 3.05) is 18.0 Å². The highest BCUT2D eigenvalue weighted by atomic mass is 35.5. The number of nitrogens with one attached hydrogen (secondary N) is 1. The monoisotopic (exact) mass is 360 g/mol. The maximum Gasteiger partial charge on any atom is 0.208 e. The molecule has 1 fully saturated rings. The van der Waals surface area contributed by atoms with Gasteiger partial charge in [0.1, 0.15) is 17.2 Å². The van der Waals surface area contributed by atoms with Crippen LogP contribution in [0.3, 0.4) is 0 Å². The van der Waals surface area contributed by atoms with Crippen LogP contribution in [0, 0.1) is 0 Å². The lowest BCUT2D eigenvalue weighted by Gasteiger charge is -2.30. The van der Waals surface area contributed by atoms with Crippen molar-refractivity contribution in [2.24, 2.45) is 0 Å². The standard InChI is InChI=1S/C16H17ClN6S/c17-13-3-1-11(2-4-13)9-14-20-22-16(24-14)23-7-5-12(6-8-23)15-18-10-19-21-15/h1-4,10,12H,5-9H2,(H,18,19,21). The zero-order chi connectivity index (χ0) is 16.4. The molecule has 6 nitrogen and oxygen atoms in total. The maximum atomic E-state index is 5.93. The molecule has 0 aliphatic carbocycles. The van der Waals surface area contributed by atoms with Crippen LogP contribution in [0.1, 0.15) is 35.2 Å². The summed E-state index contributed by atoms with van der Waals surface area (Å²) in [6.45, 7) is 1.95. The Morgan fingerprint density at radius 1 is 1.17 bits per heavy atom. The Bertz CT molecular complexity index is 777. The number of hydrogen-bond acceptors (Lipinski definition) is 6. The highest BCUT2D eigenvalue weighted by molar-refractivity contribution is 7.15. The van der Waals surface area contributed by atoms with Crippen molar-refractivity contribution in [1.29, 1.82) is 0 Å². The van der Waals surface area contributed by atoms with Crippen LogP contribution < -0.4 is 4.90 Å². The van der Waals surface area contributed by atoms with Crippen LogP contribution >= 0.6 is 22.9 Å². The molecule has 0 bridgehead atoms. The van der Waals surface area contributed by atoms with E-state index in [9.17, 15) is 0 Å². The molecule has 1 aliphatic heterocycles. The first-order chi connectivity index (χ1) is 11.8. The first kappa shape index (κ1) is 15.5. The third-order valence-electron chi connectivity index (χ3n) is 4.31. The number of benzene rings is 1. The number of H-pyrrole nitrogens is 1. The van der Waals surface area contributed by atoms with Crippen LogP contribution in [-0.4, -0.2) is 38.5 Å². The van der Waals surface area contributed by atoms with Crippen molar-refractivity contribution in [3.63, 3.8) is 0 Å². The van der Waals surface area contributed by atoms with E-state index < -0.39 is 0 Å². The van der Waals surface area contributed by atoms with Gasteiger partial charge in [-0.05, 0) is 30.5 Å². The fraction of sp³-hybridized carbons (Fsp3) is 0.375. The number of rotatable bonds is 4. The lowest BCUT2D eigenvalue weighted by atomic mass is 9.96. The molecule has 8 heteroatoms. The second kappa shape index (κ2) is 6.86. The van der Waals surface area contributed by atoms with E-state index in [2.05, 4.69) is 30.3 Å². The molecule has 0 unspecified atom stereocenters. The van der Waals surface area contributed by atoms with Gasteiger partial charge in [0.05, 0.1) is 0 Å². The van der Waals surface area contributed by atoms with Crippen molar-refractivity contribution in [3.05, 3.63) is 52.0 Å². The number of halogens is 1. The second-order valence-electron chi connectivity index (χ2n) is 5.91. The molecule has 1 saturated heterocycles. The molecule has 1 N–H and O–H groups in total. The van der Waals surface area contributed by atoms with E-state index in [1.165, 1.54) is 5.56 Å². The number of piperidine rings is 1. The van der Waals surface area contributed by atoms with Gasteiger partial charge in [0.2, 0.25) is 5.13 Å². The Morgan fingerprint density at radius 2 is 1.96 bits per heavy atom. The SMILES string of the molecule is Clc1ccc(Cc2nnc(N3CCC(c4ncn[nH]4)CC3)s2)cc1. The molecule has 24 heavy (non-hydrogen) atoms. The highest BCUT2D eigenvalue weighted by Gasteiger charge is 2.24. The summed E-state index contributed by atoms with van der Waals surface area (Å²) in [5.41, 5.74) is 1.20. The number of anilines is 1. The Labute approximate surface area is 148 Å². The molecule has 0 spiro atoms. The summed E-state index contributed by atoms with van der Waals surface area (Å²) in [5.74, 6) is 1.46. The van der Waals surface area contributed by atoms with Crippen LogP contribution in [0.25, 0.3) is 0 Å². The fourth-order valence-corrected chi connectivity index (χ4v) is 4.03. The molecule has 0 radical (unpaired) electrons.